The Morgan fingerprint density at radius 3 is 2.04 bits per heavy atom. The number of hydrogen-bond acceptors (Lipinski definition) is 4. The molecule has 0 unspecified atom stereocenters. The Morgan fingerprint density at radius 1 is 0.929 bits per heavy atom. The van der Waals surface area contributed by atoms with Gasteiger partial charge in [-0.25, -0.2) is 19.6 Å². The van der Waals surface area contributed by atoms with Gasteiger partial charge in [0.15, 0.2) is 0 Å². The predicted octanol–water partition coefficient (Wildman–Crippen LogP) is 2.36. The first kappa shape index (κ1) is 19.6. The van der Waals surface area contributed by atoms with Gasteiger partial charge in [0.1, 0.15) is 11.6 Å². The number of nitrogens with two attached hydrogens (primary N) is 1. The quantitative estimate of drug-likeness (QED) is 0.379. The maximum atomic E-state index is 13.0. The molecule has 1 heterocycles. The van der Waals surface area contributed by atoms with E-state index in [0.717, 1.165) is 12.1 Å². The number of nitrogens with zero attached hydrogens (tertiary/aromatic N) is 2. The van der Waals surface area contributed by atoms with Crippen molar-refractivity contribution in [1.82, 2.24) is 9.91 Å². The monoisotopic (exact) mass is 387 g/mol. The van der Waals surface area contributed by atoms with Crippen LogP contribution in [-0.4, -0.2) is 40.7 Å². The summed E-state index contributed by atoms with van der Waals surface area (Å²) >= 11 is 0. The van der Waals surface area contributed by atoms with Crippen LogP contribution in [0.15, 0.2) is 48.5 Å². The van der Waals surface area contributed by atoms with Gasteiger partial charge in [0.05, 0.1) is 5.92 Å². The van der Waals surface area contributed by atoms with E-state index in [1.54, 1.807) is 0 Å². The summed E-state index contributed by atoms with van der Waals surface area (Å²) in [6.07, 6.45) is 1.05. The maximum absolute atomic E-state index is 13.0. The lowest BCUT2D eigenvalue weighted by atomic mass is 9.96. The Labute approximate surface area is 160 Å². The van der Waals surface area contributed by atoms with E-state index in [2.05, 4.69) is 0 Å². The summed E-state index contributed by atoms with van der Waals surface area (Å²) in [6, 6.07) is 9.87. The summed E-state index contributed by atoms with van der Waals surface area (Å²) in [5, 5.41) is 0.518. The van der Waals surface area contributed by atoms with Crippen LogP contribution in [-0.2, 0) is 4.79 Å². The molecule has 1 atom stereocenters. The van der Waals surface area contributed by atoms with Crippen molar-refractivity contribution >= 4 is 17.7 Å². The summed E-state index contributed by atoms with van der Waals surface area (Å²) in [4.78, 5) is 39.1. The first-order chi connectivity index (χ1) is 13.4. The van der Waals surface area contributed by atoms with Crippen LogP contribution >= 0.6 is 0 Å². The Hall–Kier alpha value is -3.13. The molecule has 6 nitrogen and oxygen atoms in total. The van der Waals surface area contributed by atoms with Gasteiger partial charge in [0, 0.05) is 24.2 Å². The van der Waals surface area contributed by atoms with Crippen molar-refractivity contribution in [2.45, 2.75) is 12.8 Å². The van der Waals surface area contributed by atoms with Gasteiger partial charge >= 0.3 is 0 Å². The number of hydrogen-bond donors (Lipinski definition) is 1. The second-order valence-electron chi connectivity index (χ2n) is 6.62. The minimum Gasteiger partial charge on any atom is -0.338 e. The fourth-order valence-electron chi connectivity index (χ4n) is 3.17. The van der Waals surface area contributed by atoms with Gasteiger partial charge in [-0.1, -0.05) is 0 Å². The SMILES string of the molecule is NN(C(=O)c1ccc(F)cc1)C(=O)[C@H]1CCCN(C(=O)c2ccc(F)cc2)C1. The normalized spacial score (nSPS) is 16.5. The van der Waals surface area contributed by atoms with Crippen LogP contribution in [0, 0.1) is 17.6 Å². The van der Waals surface area contributed by atoms with Crippen molar-refractivity contribution in [3.63, 3.8) is 0 Å². The number of rotatable bonds is 3. The minimum atomic E-state index is -0.744. The van der Waals surface area contributed by atoms with Crippen LogP contribution < -0.4 is 5.84 Å². The molecule has 2 aromatic carbocycles. The third-order valence-electron chi connectivity index (χ3n) is 4.70. The highest BCUT2D eigenvalue weighted by Crippen LogP contribution is 2.21. The zero-order valence-corrected chi connectivity index (χ0v) is 15.0. The molecule has 0 radical (unpaired) electrons. The fraction of sp³-hybridized carbons (Fsp3) is 0.250. The van der Waals surface area contributed by atoms with E-state index in [9.17, 15) is 23.2 Å². The average Bonchev–Trinajstić information content (AvgIpc) is 2.73. The first-order valence-electron chi connectivity index (χ1n) is 8.80. The van der Waals surface area contributed by atoms with Crippen molar-refractivity contribution in [3.05, 3.63) is 71.3 Å². The second-order valence-corrected chi connectivity index (χ2v) is 6.62. The number of imide groups is 1. The Balaban J connectivity index is 1.68. The molecule has 0 saturated carbocycles. The summed E-state index contributed by atoms with van der Waals surface area (Å²) in [5.41, 5.74) is 0.411. The Morgan fingerprint density at radius 2 is 1.46 bits per heavy atom. The molecular formula is C20H19F2N3O3. The molecule has 2 N–H and O–H groups in total. The molecular weight excluding hydrogens is 368 g/mol. The molecule has 1 aliphatic rings. The third-order valence-corrected chi connectivity index (χ3v) is 4.70. The van der Waals surface area contributed by atoms with Crippen molar-refractivity contribution in [3.8, 4) is 0 Å². The maximum Gasteiger partial charge on any atom is 0.274 e. The largest absolute Gasteiger partial charge is 0.338 e. The zero-order chi connectivity index (χ0) is 20.3. The third kappa shape index (κ3) is 4.23. The van der Waals surface area contributed by atoms with Gasteiger partial charge in [0.2, 0.25) is 5.91 Å². The predicted molar refractivity (Wildman–Crippen MR) is 96.8 cm³/mol. The molecule has 28 heavy (non-hydrogen) atoms. The standard InChI is InChI=1S/C20H19F2N3O3/c21-16-7-3-13(4-8-16)18(26)24-11-1-2-15(12-24)20(28)25(23)19(27)14-5-9-17(22)10-6-14/h3-10,15H,1-2,11-12,23H2/t15-/m0/s1. The highest BCUT2D eigenvalue weighted by Gasteiger charge is 2.33. The van der Waals surface area contributed by atoms with Gasteiger partial charge in [-0.15, -0.1) is 0 Å². The molecule has 0 bridgehead atoms. The van der Waals surface area contributed by atoms with E-state index in [-0.39, 0.29) is 18.0 Å². The van der Waals surface area contributed by atoms with Gasteiger partial charge in [0.25, 0.3) is 11.8 Å². The van der Waals surface area contributed by atoms with E-state index in [1.165, 1.54) is 41.3 Å². The Kier molecular flexibility index (Phi) is 5.79. The number of carbonyl (C=O) groups excluding carboxylic acids is 3. The van der Waals surface area contributed by atoms with Crippen LogP contribution in [0.25, 0.3) is 0 Å². The summed E-state index contributed by atoms with van der Waals surface area (Å²) in [7, 11) is 0. The lowest BCUT2D eigenvalue weighted by Crippen LogP contribution is -2.51. The number of hydrazine groups is 1. The summed E-state index contributed by atoms with van der Waals surface area (Å²) in [5.74, 6) is 2.46. The van der Waals surface area contributed by atoms with E-state index < -0.39 is 29.4 Å². The molecule has 146 valence electrons. The van der Waals surface area contributed by atoms with Gasteiger partial charge in [-0.3, -0.25) is 14.4 Å². The highest BCUT2D eigenvalue weighted by atomic mass is 19.1. The van der Waals surface area contributed by atoms with Crippen molar-refractivity contribution in [2.24, 2.45) is 11.8 Å². The number of piperidine rings is 1. The van der Waals surface area contributed by atoms with E-state index in [1.807, 2.05) is 0 Å². The van der Waals surface area contributed by atoms with Crippen LogP contribution in [0.3, 0.4) is 0 Å². The van der Waals surface area contributed by atoms with Crippen LogP contribution in [0.4, 0.5) is 8.78 Å². The van der Waals surface area contributed by atoms with E-state index in [0.29, 0.717) is 30.0 Å². The second kappa shape index (κ2) is 8.26. The molecule has 1 aliphatic heterocycles. The fourth-order valence-corrected chi connectivity index (χ4v) is 3.17. The zero-order valence-electron chi connectivity index (χ0n) is 15.0. The molecule has 3 rings (SSSR count). The highest BCUT2D eigenvalue weighted by molar-refractivity contribution is 6.05. The molecule has 1 fully saturated rings. The van der Waals surface area contributed by atoms with Crippen molar-refractivity contribution in [1.29, 1.82) is 0 Å². The van der Waals surface area contributed by atoms with Crippen molar-refractivity contribution in [2.75, 3.05) is 13.1 Å². The van der Waals surface area contributed by atoms with E-state index >= 15 is 0 Å². The molecule has 0 spiro atoms. The topological polar surface area (TPSA) is 83.7 Å². The first-order valence-corrected chi connectivity index (χ1v) is 8.80. The molecule has 8 heteroatoms. The molecule has 0 aromatic heterocycles. The summed E-state index contributed by atoms with van der Waals surface area (Å²) in [6.45, 7) is 0.565. The smallest absolute Gasteiger partial charge is 0.274 e. The molecule has 2 aromatic rings. The number of benzene rings is 2. The van der Waals surface area contributed by atoms with Gasteiger partial charge in [-0.05, 0) is 61.4 Å². The lowest BCUT2D eigenvalue weighted by Gasteiger charge is -2.33. The number of carbonyl (C=O) groups is 3. The Bertz CT molecular complexity index is 885. The van der Waals surface area contributed by atoms with Crippen LogP contribution in [0.1, 0.15) is 33.6 Å². The number of likely N-dealkylation sites (tertiary alicyclic amines) is 1. The molecule has 1 saturated heterocycles. The number of halogens is 2. The van der Waals surface area contributed by atoms with Gasteiger partial charge < -0.3 is 4.90 Å². The van der Waals surface area contributed by atoms with Crippen LogP contribution in [0.2, 0.25) is 0 Å². The van der Waals surface area contributed by atoms with E-state index in [4.69, 9.17) is 5.84 Å². The van der Waals surface area contributed by atoms with Crippen molar-refractivity contribution < 1.29 is 23.2 Å². The number of amides is 3. The molecule has 0 aliphatic carbocycles. The molecule has 3 amide bonds. The van der Waals surface area contributed by atoms with Gasteiger partial charge in [-0.2, -0.15) is 0 Å². The lowest BCUT2D eigenvalue weighted by molar-refractivity contribution is -0.134. The average molecular weight is 387 g/mol. The van der Waals surface area contributed by atoms with Crippen LogP contribution in [0.5, 0.6) is 0 Å². The summed E-state index contributed by atoms with van der Waals surface area (Å²) < 4.78 is 26.0. The minimum absolute atomic E-state index is 0.0901.